The van der Waals surface area contributed by atoms with Crippen molar-refractivity contribution in [3.63, 3.8) is 0 Å². The lowest BCUT2D eigenvalue weighted by Gasteiger charge is -2.24. The third-order valence-electron chi connectivity index (χ3n) is 4.44. The largest absolute Gasteiger partial charge is 0.486 e. The van der Waals surface area contributed by atoms with Crippen molar-refractivity contribution < 1.29 is 9.47 Å². The van der Waals surface area contributed by atoms with Gasteiger partial charge in [0.1, 0.15) is 19.0 Å². The lowest BCUT2D eigenvalue weighted by Crippen LogP contribution is -2.26. The van der Waals surface area contributed by atoms with Crippen LogP contribution < -0.4 is 14.8 Å². The molecule has 0 saturated carbocycles. The SMILES string of the molecule is Clc1cc(CNCC2CCCn3ccnc32)cc2c1OCCO2. The number of aryl methyl sites for hydroxylation is 1. The van der Waals surface area contributed by atoms with E-state index < -0.39 is 0 Å². The molecule has 0 fully saturated rings. The predicted molar refractivity (Wildman–Crippen MR) is 88.4 cm³/mol. The topological polar surface area (TPSA) is 48.3 Å². The van der Waals surface area contributed by atoms with Crippen LogP contribution in [0.1, 0.15) is 30.1 Å². The molecule has 1 N–H and O–H groups in total. The van der Waals surface area contributed by atoms with Crippen LogP contribution in [0.3, 0.4) is 0 Å². The van der Waals surface area contributed by atoms with E-state index in [2.05, 4.69) is 21.1 Å². The van der Waals surface area contributed by atoms with Crippen LogP contribution in [-0.4, -0.2) is 29.3 Å². The van der Waals surface area contributed by atoms with Gasteiger partial charge < -0.3 is 19.4 Å². The van der Waals surface area contributed by atoms with E-state index in [0.29, 0.717) is 29.9 Å². The van der Waals surface area contributed by atoms with Gasteiger partial charge in [0, 0.05) is 37.9 Å². The third kappa shape index (κ3) is 3.03. The van der Waals surface area contributed by atoms with Crippen molar-refractivity contribution in [2.75, 3.05) is 19.8 Å². The first-order chi connectivity index (χ1) is 11.3. The first kappa shape index (κ1) is 14.8. The standard InChI is InChI=1S/C17H20ClN3O2/c18-14-8-12(9-15-16(14)23-7-6-22-15)10-19-11-13-2-1-4-21-5-3-20-17(13)21/h3,5,8-9,13,19H,1-2,4,6-7,10-11H2. The van der Waals surface area contributed by atoms with Crippen LogP contribution in [0.15, 0.2) is 24.5 Å². The average molecular weight is 334 g/mol. The Morgan fingerprint density at radius 2 is 2.22 bits per heavy atom. The smallest absolute Gasteiger partial charge is 0.179 e. The zero-order valence-corrected chi connectivity index (χ0v) is 13.7. The molecule has 0 spiro atoms. The Labute approximate surface area is 140 Å². The maximum Gasteiger partial charge on any atom is 0.179 e. The maximum atomic E-state index is 6.28. The van der Waals surface area contributed by atoms with Crippen LogP contribution >= 0.6 is 11.6 Å². The van der Waals surface area contributed by atoms with Crippen LogP contribution in [0.25, 0.3) is 0 Å². The predicted octanol–water partition coefficient (Wildman–Crippen LogP) is 2.97. The zero-order valence-electron chi connectivity index (χ0n) is 12.9. The Balaban J connectivity index is 1.40. The van der Waals surface area contributed by atoms with Gasteiger partial charge in [-0.3, -0.25) is 0 Å². The number of imidazole rings is 1. The normalized spacial score (nSPS) is 19.4. The highest BCUT2D eigenvalue weighted by molar-refractivity contribution is 6.32. The van der Waals surface area contributed by atoms with Gasteiger partial charge in [-0.1, -0.05) is 11.6 Å². The summed E-state index contributed by atoms with van der Waals surface area (Å²) in [6, 6.07) is 3.96. The lowest BCUT2D eigenvalue weighted by atomic mass is 9.99. The highest BCUT2D eigenvalue weighted by atomic mass is 35.5. The van der Waals surface area contributed by atoms with Gasteiger partial charge in [0.05, 0.1) is 5.02 Å². The van der Waals surface area contributed by atoms with Crippen LogP contribution in [0, 0.1) is 0 Å². The van der Waals surface area contributed by atoms with Crippen molar-refractivity contribution in [3.8, 4) is 11.5 Å². The van der Waals surface area contributed by atoms with Crippen LogP contribution in [-0.2, 0) is 13.1 Å². The van der Waals surface area contributed by atoms with Crippen molar-refractivity contribution >= 4 is 11.6 Å². The lowest BCUT2D eigenvalue weighted by molar-refractivity contribution is 0.171. The molecule has 1 unspecified atom stereocenters. The molecule has 23 heavy (non-hydrogen) atoms. The summed E-state index contributed by atoms with van der Waals surface area (Å²) >= 11 is 6.28. The summed E-state index contributed by atoms with van der Waals surface area (Å²) in [4.78, 5) is 4.50. The summed E-state index contributed by atoms with van der Waals surface area (Å²) in [6.07, 6.45) is 6.37. The maximum absolute atomic E-state index is 6.28. The van der Waals surface area contributed by atoms with E-state index >= 15 is 0 Å². The van der Waals surface area contributed by atoms with Gasteiger partial charge in [0.25, 0.3) is 0 Å². The van der Waals surface area contributed by atoms with Gasteiger partial charge in [-0.25, -0.2) is 4.98 Å². The fourth-order valence-corrected chi connectivity index (χ4v) is 3.65. The van der Waals surface area contributed by atoms with Gasteiger partial charge in [0.15, 0.2) is 11.5 Å². The Bertz CT molecular complexity index is 701. The molecule has 0 aliphatic carbocycles. The number of benzene rings is 1. The molecule has 2 aromatic rings. The molecule has 4 rings (SSSR count). The second-order valence-corrected chi connectivity index (χ2v) is 6.46. The summed E-state index contributed by atoms with van der Waals surface area (Å²) in [5, 5.41) is 4.15. The minimum absolute atomic E-state index is 0.478. The summed E-state index contributed by atoms with van der Waals surface area (Å²) in [7, 11) is 0. The number of nitrogens with zero attached hydrogens (tertiary/aromatic N) is 2. The molecule has 2 aliphatic rings. The first-order valence-electron chi connectivity index (χ1n) is 8.11. The minimum atomic E-state index is 0.478. The van der Waals surface area contributed by atoms with Gasteiger partial charge in [-0.15, -0.1) is 0 Å². The van der Waals surface area contributed by atoms with E-state index in [4.69, 9.17) is 21.1 Å². The van der Waals surface area contributed by atoms with Crippen LogP contribution in [0.4, 0.5) is 0 Å². The summed E-state index contributed by atoms with van der Waals surface area (Å²) in [5.41, 5.74) is 1.11. The molecule has 0 saturated heterocycles. The van der Waals surface area contributed by atoms with E-state index in [9.17, 15) is 0 Å². The summed E-state index contributed by atoms with van der Waals surface area (Å²) < 4.78 is 13.4. The monoisotopic (exact) mass is 333 g/mol. The molecular formula is C17H20ClN3O2. The van der Waals surface area contributed by atoms with Gasteiger partial charge in [0.2, 0.25) is 0 Å². The molecule has 1 aromatic heterocycles. The summed E-state index contributed by atoms with van der Waals surface area (Å²) in [5.74, 6) is 3.08. The Morgan fingerprint density at radius 1 is 1.30 bits per heavy atom. The number of hydrogen-bond donors (Lipinski definition) is 1. The van der Waals surface area contributed by atoms with E-state index in [0.717, 1.165) is 30.9 Å². The molecule has 5 nitrogen and oxygen atoms in total. The number of fused-ring (bicyclic) bond motifs is 2. The Kier molecular flexibility index (Phi) is 4.14. The van der Waals surface area contributed by atoms with Crippen LogP contribution in [0.5, 0.6) is 11.5 Å². The van der Waals surface area contributed by atoms with E-state index in [-0.39, 0.29) is 0 Å². The highest BCUT2D eigenvalue weighted by Crippen LogP contribution is 2.38. The number of nitrogens with one attached hydrogen (secondary N) is 1. The van der Waals surface area contributed by atoms with E-state index in [1.165, 1.54) is 18.7 Å². The molecule has 2 aliphatic heterocycles. The fraction of sp³-hybridized carbons (Fsp3) is 0.471. The van der Waals surface area contributed by atoms with Crippen molar-refractivity contribution in [1.82, 2.24) is 14.9 Å². The summed E-state index contributed by atoms with van der Waals surface area (Å²) in [6.45, 7) is 3.89. The van der Waals surface area contributed by atoms with Gasteiger partial charge in [-0.05, 0) is 30.5 Å². The Hall–Kier alpha value is -1.72. The number of rotatable bonds is 4. The molecular weight excluding hydrogens is 314 g/mol. The number of hydrogen-bond acceptors (Lipinski definition) is 4. The molecule has 0 bridgehead atoms. The highest BCUT2D eigenvalue weighted by Gasteiger charge is 2.21. The number of halogens is 1. The molecule has 1 atom stereocenters. The quantitative estimate of drug-likeness (QED) is 0.934. The Morgan fingerprint density at radius 3 is 3.17 bits per heavy atom. The van der Waals surface area contributed by atoms with Crippen molar-refractivity contribution in [2.24, 2.45) is 0 Å². The first-order valence-corrected chi connectivity index (χ1v) is 8.49. The molecule has 0 amide bonds. The van der Waals surface area contributed by atoms with E-state index in [1.54, 1.807) is 0 Å². The molecule has 0 radical (unpaired) electrons. The van der Waals surface area contributed by atoms with Crippen molar-refractivity contribution in [1.29, 1.82) is 0 Å². The average Bonchev–Trinajstić information content (AvgIpc) is 3.04. The molecule has 6 heteroatoms. The number of ether oxygens (including phenoxy) is 2. The van der Waals surface area contributed by atoms with Gasteiger partial charge >= 0.3 is 0 Å². The van der Waals surface area contributed by atoms with Crippen molar-refractivity contribution in [3.05, 3.63) is 40.9 Å². The third-order valence-corrected chi connectivity index (χ3v) is 4.72. The molecule has 1 aromatic carbocycles. The second kappa shape index (κ2) is 6.42. The minimum Gasteiger partial charge on any atom is -0.486 e. The second-order valence-electron chi connectivity index (χ2n) is 6.05. The van der Waals surface area contributed by atoms with Gasteiger partial charge in [-0.2, -0.15) is 0 Å². The number of aromatic nitrogens is 2. The fourth-order valence-electron chi connectivity index (χ4n) is 3.36. The zero-order chi connectivity index (χ0) is 15.6. The molecule has 122 valence electrons. The van der Waals surface area contributed by atoms with Crippen LogP contribution in [0.2, 0.25) is 5.02 Å². The molecule has 3 heterocycles. The van der Waals surface area contributed by atoms with Crippen molar-refractivity contribution in [2.45, 2.75) is 31.8 Å². The van der Waals surface area contributed by atoms with E-state index in [1.807, 2.05) is 18.3 Å².